The first-order chi connectivity index (χ1) is 20.6. The average Bonchev–Trinajstić information content (AvgIpc) is 3.36. The lowest BCUT2D eigenvalue weighted by Gasteiger charge is -2.28. The van der Waals surface area contributed by atoms with Crippen molar-refractivity contribution in [2.24, 2.45) is 5.92 Å². The van der Waals surface area contributed by atoms with Crippen molar-refractivity contribution in [1.29, 1.82) is 0 Å². The third-order valence-corrected chi connectivity index (χ3v) is 7.24. The van der Waals surface area contributed by atoms with E-state index in [1.54, 1.807) is 25.4 Å². The average molecular weight is 595 g/mol. The summed E-state index contributed by atoms with van der Waals surface area (Å²) in [6.45, 7) is 10.0. The molecule has 1 amide bonds. The van der Waals surface area contributed by atoms with Gasteiger partial charge in [-0.1, -0.05) is 26.0 Å². The molecule has 10 heteroatoms. The Morgan fingerprint density at radius 3 is 2.42 bits per heavy atom. The fraction of sp³-hybridized carbons (Fsp3) is 0.394. The lowest BCUT2D eigenvalue weighted by molar-refractivity contribution is 0.0900. The minimum absolute atomic E-state index is 0.0969. The van der Waals surface area contributed by atoms with E-state index in [-0.39, 0.29) is 29.7 Å². The molecule has 0 unspecified atom stereocenters. The molecule has 43 heavy (non-hydrogen) atoms. The Labute approximate surface area is 251 Å². The largest absolute Gasteiger partial charge is 0.497 e. The summed E-state index contributed by atoms with van der Waals surface area (Å²) in [5.41, 5.74) is 2.00. The Morgan fingerprint density at radius 2 is 1.79 bits per heavy atom. The van der Waals surface area contributed by atoms with Crippen LogP contribution in [-0.4, -0.2) is 58.0 Å². The van der Waals surface area contributed by atoms with Crippen LogP contribution in [-0.2, 0) is 13.1 Å². The van der Waals surface area contributed by atoms with E-state index in [0.29, 0.717) is 37.4 Å². The molecule has 3 aromatic carbocycles. The molecule has 0 aliphatic heterocycles. The molecule has 230 valence electrons. The number of hydrogen-bond acceptors (Lipinski definition) is 6. The van der Waals surface area contributed by atoms with E-state index >= 15 is 0 Å². The van der Waals surface area contributed by atoms with E-state index in [1.165, 1.54) is 6.07 Å². The van der Waals surface area contributed by atoms with Crippen molar-refractivity contribution in [1.82, 2.24) is 20.0 Å². The minimum atomic E-state index is -0.888. The normalized spacial score (nSPS) is 12.3. The molecule has 0 saturated heterocycles. The molecule has 1 heterocycles. The summed E-state index contributed by atoms with van der Waals surface area (Å²) in [4.78, 5) is 15.9. The number of carbonyl (C=O) groups is 1. The number of ether oxygens (including phenoxy) is 2. The number of nitrogens with one attached hydrogen (secondary N) is 1. The summed E-state index contributed by atoms with van der Waals surface area (Å²) in [6.07, 6.45) is 2.15. The third kappa shape index (κ3) is 8.30. The van der Waals surface area contributed by atoms with Crippen LogP contribution < -0.4 is 14.8 Å². The predicted molar refractivity (Wildman–Crippen MR) is 162 cm³/mol. The number of carbonyl (C=O) groups excluding carboxylic acids is 1. The molecule has 0 fully saturated rings. The molecule has 0 bridgehead atoms. The summed E-state index contributed by atoms with van der Waals surface area (Å²) in [7, 11) is 1.63. The Morgan fingerprint density at radius 1 is 1.05 bits per heavy atom. The van der Waals surface area contributed by atoms with Crippen LogP contribution in [0.2, 0.25) is 0 Å². The molecular formula is C33H40F2N4O4. The van der Waals surface area contributed by atoms with Gasteiger partial charge in [-0.05, 0) is 68.1 Å². The highest BCUT2D eigenvalue weighted by molar-refractivity contribution is 6.01. The number of fused-ring (bicyclic) bond motifs is 1. The van der Waals surface area contributed by atoms with Gasteiger partial charge in [-0.2, -0.15) is 5.10 Å². The van der Waals surface area contributed by atoms with Crippen LogP contribution in [0.4, 0.5) is 8.78 Å². The van der Waals surface area contributed by atoms with E-state index < -0.39 is 23.6 Å². The molecule has 0 radical (unpaired) electrons. The van der Waals surface area contributed by atoms with Gasteiger partial charge in [-0.3, -0.25) is 14.4 Å². The molecule has 2 N–H and O–H groups in total. The number of halogens is 2. The number of methoxy groups -OCH3 is 1. The summed E-state index contributed by atoms with van der Waals surface area (Å²) >= 11 is 0. The van der Waals surface area contributed by atoms with Crippen LogP contribution in [0.15, 0.2) is 60.8 Å². The van der Waals surface area contributed by atoms with Crippen molar-refractivity contribution in [2.75, 3.05) is 20.3 Å². The first-order valence-corrected chi connectivity index (χ1v) is 14.5. The standard InChI is InChI=1S/C33H40F2N4O4/c1-21(2)18-39-30-16-28(32(14-24(30)17-36-39)43-31-11-8-25(34)15-29(31)35)33(41)37-26(20-40)12-13-38(22(3)4)19-23-6-9-27(42-5)10-7-23/h6-11,14-17,21-22,26,40H,12-13,18-20H2,1-5H3,(H,37,41)/t26-/m0/s1. The van der Waals surface area contributed by atoms with Crippen LogP contribution in [0.25, 0.3) is 10.9 Å². The van der Waals surface area contributed by atoms with Gasteiger partial charge >= 0.3 is 0 Å². The topological polar surface area (TPSA) is 88.9 Å². The van der Waals surface area contributed by atoms with Crippen LogP contribution in [0.3, 0.4) is 0 Å². The zero-order chi connectivity index (χ0) is 31.1. The van der Waals surface area contributed by atoms with Crippen molar-refractivity contribution in [3.8, 4) is 17.2 Å². The maximum Gasteiger partial charge on any atom is 0.255 e. The van der Waals surface area contributed by atoms with Crippen molar-refractivity contribution >= 4 is 16.8 Å². The van der Waals surface area contributed by atoms with E-state index in [4.69, 9.17) is 9.47 Å². The number of rotatable bonds is 14. The highest BCUT2D eigenvalue weighted by Gasteiger charge is 2.22. The first-order valence-electron chi connectivity index (χ1n) is 14.5. The summed E-state index contributed by atoms with van der Waals surface area (Å²) < 4.78 is 40.9. The quantitative estimate of drug-likeness (QED) is 0.182. The van der Waals surface area contributed by atoms with Crippen LogP contribution in [0, 0.1) is 17.6 Å². The SMILES string of the molecule is COc1ccc(CN(CC[C@@H](CO)NC(=O)c2cc3c(cnn3CC(C)C)cc2Oc2ccc(F)cc2F)C(C)C)cc1. The van der Waals surface area contributed by atoms with Crippen molar-refractivity contribution < 1.29 is 28.2 Å². The highest BCUT2D eigenvalue weighted by Crippen LogP contribution is 2.32. The predicted octanol–water partition coefficient (Wildman–Crippen LogP) is 6.16. The Kier molecular flexibility index (Phi) is 10.7. The fourth-order valence-corrected chi connectivity index (χ4v) is 4.81. The van der Waals surface area contributed by atoms with Gasteiger partial charge in [-0.25, -0.2) is 8.78 Å². The number of benzene rings is 3. The van der Waals surface area contributed by atoms with Gasteiger partial charge in [0.2, 0.25) is 0 Å². The van der Waals surface area contributed by atoms with Crippen LogP contribution in [0.5, 0.6) is 17.2 Å². The summed E-state index contributed by atoms with van der Waals surface area (Å²) in [5.74, 6) is -1.12. The van der Waals surface area contributed by atoms with Gasteiger partial charge < -0.3 is 19.9 Å². The molecule has 4 aromatic rings. The van der Waals surface area contributed by atoms with E-state index in [9.17, 15) is 18.7 Å². The number of aliphatic hydroxyl groups excluding tert-OH is 1. The van der Waals surface area contributed by atoms with Crippen molar-refractivity contribution in [3.05, 3.63) is 83.6 Å². The van der Waals surface area contributed by atoms with E-state index in [0.717, 1.165) is 29.0 Å². The minimum Gasteiger partial charge on any atom is -0.497 e. The van der Waals surface area contributed by atoms with E-state index in [1.807, 2.05) is 28.9 Å². The molecule has 1 aromatic heterocycles. The molecule has 0 aliphatic carbocycles. The van der Waals surface area contributed by atoms with Gasteiger partial charge in [-0.15, -0.1) is 0 Å². The molecular weight excluding hydrogens is 554 g/mol. The van der Waals surface area contributed by atoms with Gasteiger partial charge in [0.1, 0.15) is 17.3 Å². The highest BCUT2D eigenvalue weighted by atomic mass is 19.1. The molecule has 1 atom stereocenters. The monoisotopic (exact) mass is 594 g/mol. The summed E-state index contributed by atoms with van der Waals surface area (Å²) in [5, 5.41) is 18.3. The Bertz CT molecular complexity index is 1520. The second-order valence-electron chi connectivity index (χ2n) is 11.4. The van der Waals surface area contributed by atoms with Gasteiger partial charge in [0.25, 0.3) is 5.91 Å². The smallest absolute Gasteiger partial charge is 0.255 e. The zero-order valence-corrected chi connectivity index (χ0v) is 25.3. The van der Waals surface area contributed by atoms with Gasteiger partial charge in [0.05, 0.1) is 37.0 Å². The van der Waals surface area contributed by atoms with Crippen molar-refractivity contribution in [2.45, 2.75) is 59.3 Å². The zero-order valence-electron chi connectivity index (χ0n) is 25.3. The third-order valence-electron chi connectivity index (χ3n) is 7.24. The Balaban J connectivity index is 1.55. The number of nitrogens with zero attached hydrogens (tertiary/aromatic N) is 3. The van der Waals surface area contributed by atoms with Crippen LogP contribution >= 0.6 is 0 Å². The second-order valence-corrected chi connectivity index (χ2v) is 11.4. The number of hydrogen-bond donors (Lipinski definition) is 2. The van der Waals surface area contributed by atoms with Crippen LogP contribution in [0.1, 0.15) is 50.0 Å². The summed E-state index contributed by atoms with van der Waals surface area (Å²) in [6, 6.07) is 13.8. The number of aromatic nitrogens is 2. The molecule has 4 rings (SSSR count). The lowest BCUT2D eigenvalue weighted by Crippen LogP contribution is -2.41. The Hall–Kier alpha value is -4.02. The molecule has 0 spiro atoms. The second kappa shape index (κ2) is 14.4. The van der Waals surface area contributed by atoms with E-state index in [2.05, 4.69) is 43.0 Å². The number of amides is 1. The van der Waals surface area contributed by atoms with Gasteiger partial charge in [0.15, 0.2) is 11.6 Å². The first kappa shape index (κ1) is 31.9. The lowest BCUT2D eigenvalue weighted by atomic mass is 10.1. The number of aliphatic hydroxyl groups is 1. The van der Waals surface area contributed by atoms with Gasteiger partial charge in [0, 0.05) is 37.1 Å². The molecule has 0 aliphatic rings. The van der Waals surface area contributed by atoms with Crippen molar-refractivity contribution in [3.63, 3.8) is 0 Å². The maximum absolute atomic E-state index is 14.5. The molecule has 0 saturated carbocycles. The fourth-order valence-electron chi connectivity index (χ4n) is 4.81. The molecule has 8 nitrogen and oxygen atoms in total. The maximum atomic E-state index is 14.5.